The van der Waals surface area contributed by atoms with E-state index in [0.717, 1.165) is 16.9 Å². The number of hydrogen-bond acceptors (Lipinski definition) is 1. The van der Waals surface area contributed by atoms with Gasteiger partial charge in [-0.05, 0) is 54.3 Å². The Kier molecular flexibility index (Phi) is 4.21. The predicted octanol–water partition coefficient (Wildman–Crippen LogP) is 3.24. The molecule has 0 aliphatic heterocycles. The fraction of sp³-hybridized carbons (Fsp3) is 0.0588. The third-order valence-corrected chi connectivity index (χ3v) is 2.39. The Morgan fingerprint density at radius 2 is 1.58 bits per heavy atom. The van der Waals surface area contributed by atoms with E-state index in [-0.39, 0.29) is 5.82 Å². The van der Waals surface area contributed by atoms with Gasteiger partial charge in [-0.15, -0.1) is 0 Å². The van der Waals surface area contributed by atoms with Gasteiger partial charge in [-0.25, -0.2) is 4.39 Å². The number of ether oxygens (including phenoxy) is 1. The normalized spacial score (nSPS) is 8.74. The topological polar surface area (TPSA) is 9.23 Å². The standard InChI is InChI=1S/C17H11FO/c1-19-17-8-4-7-15(13-17)6-3-2-5-14-9-11-16(18)12-10-14/h4,7-13H,1H3. The molecule has 0 N–H and O–H groups in total. The molecule has 92 valence electrons. The first-order valence-corrected chi connectivity index (χ1v) is 5.69. The minimum absolute atomic E-state index is 0.270. The molecule has 0 heterocycles. The van der Waals surface area contributed by atoms with Crippen LogP contribution >= 0.6 is 0 Å². The lowest BCUT2D eigenvalue weighted by molar-refractivity contribution is 0.414. The molecule has 2 aromatic carbocycles. The first-order valence-electron chi connectivity index (χ1n) is 5.69. The molecule has 1 nitrogen and oxygen atoms in total. The number of halogens is 1. The van der Waals surface area contributed by atoms with E-state index in [2.05, 4.69) is 23.7 Å². The highest BCUT2D eigenvalue weighted by Gasteiger charge is 1.90. The monoisotopic (exact) mass is 250 g/mol. The zero-order valence-electron chi connectivity index (χ0n) is 10.4. The second-order valence-electron chi connectivity index (χ2n) is 3.74. The zero-order chi connectivity index (χ0) is 13.5. The van der Waals surface area contributed by atoms with E-state index >= 15 is 0 Å². The van der Waals surface area contributed by atoms with Crippen LogP contribution in [0, 0.1) is 29.5 Å². The van der Waals surface area contributed by atoms with Crippen molar-refractivity contribution in [2.75, 3.05) is 7.11 Å². The van der Waals surface area contributed by atoms with E-state index in [4.69, 9.17) is 4.74 Å². The van der Waals surface area contributed by atoms with Crippen molar-refractivity contribution >= 4 is 0 Å². The maximum absolute atomic E-state index is 12.7. The molecule has 0 radical (unpaired) electrons. The van der Waals surface area contributed by atoms with Gasteiger partial charge < -0.3 is 4.74 Å². The smallest absolute Gasteiger partial charge is 0.123 e. The Morgan fingerprint density at radius 1 is 0.895 bits per heavy atom. The molecule has 0 saturated heterocycles. The number of rotatable bonds is 1. The van der Waals surface area contributed by atoms with Gasteiger partial charge in [0, 0.05) is 11.1 Å². The van der Waals surface area contributed by atoms with Crippen LogP contribution in [0.4, 0.5) is 4.39 Å². The van der Waals surface area contributed by atoms with Crippen LogP contribution in [0.3, 0.4) is 0 Å². The summed E-state index contributed by atoms with van der Waals surface area (Å²) in [5.74, 6) is 11.8. The van der Waals surface area contributed by atoms with Crippen LogP contribution in [0.5, 0.6) is 5.75 Å². The van der Waals surface area contributed by atoms with Gasteiger partial charge in [0.15, 0.2) is 0 Å². The molecule has 0 saturated carbocycles. The molecular formula is C17H11FO. The molecule has 2 aromatic rings. The van der Waals surface area contributed by atoms with Crippen molar-refractivity contribution in [3.05, 3.63) is 65.5 Å². The summed E-state index contributed by atoms with van der Waals surface area (Å²) in [6.45, 7) is 0. The summed E-state index contributed by atoms with van der Waals surface area (Å²) in [5.41, 5.74) is 1.58. The fourth-order valence-electron chi connectivity index (χ4n) is 1.44. The van der Waals surface area contributed by atoms with Crippen LogP contribution in [0.1, 0.15) is 11.1 Å². The van der Waals surface area contributed by atoms with Gasteiger partial charge in [0.05, 0.1) is 7.11 Å². The van der Waals surface area contributed by atoms with Gasteiger partial charge in [0.1, 0.15) is 11.6 Å². The second kappa shape index (κ2) is 6.28. The molecule has 0 aliphatic carbocycles. The first-order chi connectivity index (χ1) is 9.28. The summed E-state index contributed by atoms with van der Waals surface area (Å²) in [6, 6.07) is 13.4. The van der Waals surface area contributed by atoms with Crippen molar-refractivity contribution in [2.24, 2.45) is 0 Å². The van der Waals surface area contributed by atoms with E-state index in [1.165, 1.54) is 12.1 Å². The van der Waals surface area contributed by atoms with Crippen molar-refractivity contribution in [3.63, 3.8) is 0 Å². The molecule has 0 atom stereocenters. The lowest BCUT2D eigenvalue weighted by Crippen LogP contribution is -1.82. The third-order valence-electron chi connectivity index (χ3n) is 2.39. The minimum atomic E-state index is -0.270. The summed E-state index contributed by atoms with van der Waals surface area (Å²) < 4.78 is 17.8. The Hall–Kier alpha value is -2.71. The lowest BCUT2D eigenvalue weighted by Gasteiger charge is -1.97. The first kappa shape index (κ1) is 12.7. The van der Waals surface area contributed by atoms with Crippen molar-refractivity contribution in [2.45, 2.75) is 0 Å². The van der Waals surface area contributed by atoms with Crippen molar-refractivity contribution in [1.82, 2.24) is 0 Å². The van der Waals surface area contributed by atoms with Crippen molar-refractivity contribution < 1.29 is 9.13 Å². The molecule has 0 bridgehead atoms. The average molecular weight is 250 g/mol. The second-order valence-corrected chi connectivity index (χ2v) is 3.74. The molecular weight excluding hydrogens is 239 g/mol. The molecule has 0 aliphatic rings. The summed E-state index contributed by atoms with van der Waals surface area (Å²) in [7, 11) is 1.61. The van der Waals surface area contributed by atoms with E-state index < -0.39 is 0 Å². The molecule has 0 unspecified atom stereocenters. The molecule has 2 heteroatoms. The maximum Gasteiger partial charge on any atom is 0.123 e. The highest BCUT2D eigenvalue weighted by Crippen LogP contribution is 2.11. The van der Waals surface area contributed by atoms with Crippen LogP contribution in [0.2, 0.25) is 0 Å². The van der Waals surface area contributed by atoms with Crippen LogP contribution in [-0.4, -0.2) is 7.11 Å². The molecule has 0 fully saturated rings. The number of benzene rings is 2. The molecule has 2 rings (SSSR count). The highest BCUT2D eigenvalue weighted by molar-refractivity contribution is 5.46. The number of methoxy groups -OCH3 is 1. The molecule has 19 heavy (non-hydrogen) atoms. The largest absolute Gasteiger partial charge is 0.497 e. The van der Waals surface area contributed by atoms with E-state index in [1.807, 2.05) is 24.3 Å². The van der Waals surface area contributed by atoms with E-state index in [1.54, 1.807) is 19.2 Å². The third kappa shape index (κ3) is 3.91. The molecule has 0 amide bonds. The van der Waals surface area contributed by atoms with Crippen LogP contribution in [0.25, 0.3) is 0 Å². The quantitative estimate of drug-likeness (QED) is 0.706. The fourth-order valence-corrected chi connectivity index (χ4v) is 1.44. The van der Waals surface area contributed by atoms with Gasteiger partial charge in [-0.3, -0.25) is 0 Å². The Labute approximate surface area is 112 Å². The number of hydrogen-bond donors (Lipinski definition) is 0. The maximum atomic E-state index is 12.7. The van der Waals surface area contributed by atoms with Crippen molar-refractivity contribution in [1.29, 1.82) is 0 Å². The SMILES string of the molecule is COc1cccc(C#CC#Cc2ccc(F)cc2)c1. The predicted molar refractivity (Wildman–Crippen MR) is 73.2 cm³/mol. The van der Waals surface area contributed by atoms with Gasteiger partial charge in [-0.1, -0.05) is 17.9 Å². The van der Waals surface area contributed by atoms with E-state index in [9.17, 15) is 4.39 Å². The van der Waals surface area contributed by atoms with Crippen LogP contribution < -0.4 is 4.74 Å². The molecule has 0 aromatic heterocycles. The Balaban J connectivity index is 2.11. The average Bonchev–Trinajstić information content (AvgIpc) is 2.46. The van der Waals surface area contributed by atoms with Gasteiger partial charge in [-0.2, -0.15) is 0 Å². The van der Waals surface area contributed by atoms with Crippen LogP contribution in [0.15, 0.2) is 48.5 Å². The summed E-state index contributed by atoms with van der Waals surface area (Å²) >= 11 is 0. The zero-order valence-corrected chi connectivity index (χ0v) is 10.4. The Morgan fingerprint density at radius 3 is 2.26 bits per heavy atom. The van der Waals surface area contributed by atoms with Crippen LogP contribution in [-0.2, 0) is 0 Å². The van der Waals surface area contributed by atoms with Crippen molar-refractivity contribution in [3.8, 4) is 29.4 Å². The summed E-state index contributed by atoms with van der Waals surface area (Å²) in [6.07, 6.45) is 0. The van der Waals surface area contributed by atoms with Gasteiger partial charge in [0.25, 0.3) is 0 Å². The van der Waals surface area contributed by atoms with Gasteiger partial charge in [0.2, 0.25) is 0 Å². The summed E-state index contributed by atoms with van der Waals surface area (Å²) in [5, 5.41) is 0. The summed E-state index contributed by atoms with van der Waals surface area (Å²) in [4.78, 5) is 0. The lowest BCUT2D eigenvalue weighted by atomic mass is 10.2. The minimum Gasteiger partial charge on any atom is -0.497 e. The highest BCUT2D eigenvalue weighted by atomic mass is 19.1. The Bertz CT molecular complexity index is 679. The molecule has 0 spiro atoms. The van der Waals surface area contributed by atoms with Gasteiger partial charge >= 0.3 is 0 Å². The van der Waals surface area contributed by atoms with E-state index in [0.29, 0.717) is 0 Å².